The molecule has 4 aromatic rings. The molecule has 0 aliphatic rings. The number of phenolic OH excluding ortho intramolecular Hbond substituents is 2. The number of ether oxygens (including phenoxy) is 2. The Morgan fingerprint density at radius 1 is 0.491 bits per heavy atom. The van der Waals surface area contributed by atoms with E-state index in [0.717, 1.165) is 33.8 Å². The van der Waals surface area contributed by atoms with Crippen LogP contribution in [0.2, 0.25) is 0 Å². The maximum Gasteiger partial charge on any atom is 0.128 e. The van der Waals surface area contributed by atoms with Crippen LogP contribution in [0.4, 0.5) is 0 Å². The van der Waals surface area contributed by atoms with Crippen LogP contribution >= 0.6 is 0 Å². The van der Waals surface area contributed by atoms with Gasteiger partial charge in [0.1, 0.15) is 36.2 Å². The Morgan fingerprint density at radius 3 is 1.09 bits per heavy atom. The molecule has 0 heterocycles. The molecule has 7 heteroatoms. The van der Waals surface area contributed by atoms with Crippen LogP contribution in [0.5, 0.6) is 23.0 Å². The summed E-state index contributed by atoms with van der Waals surface area (Å²) < 4.78 is 11.3. The Balaban J connectivity index is 0.000000360. The fourth-order valence-electron chi connectivity index (χ4n) is 5.31. The van der Waals surface area contributed by atoms with E-state index in [-0.39, 0.29) is 41.1 Å². The molecule has 4 rings (SSSR count). The molecule has 0 amide bonds. The first kappa shape index (κ1) is 45.2. The van der Waals surface area contributed by atoms with Gasteiger partial charge in [-0.2, -0.15) is 0 Å². The molecular weight excluding hydrogens is 710 g/mol. The molecule has 0 radical (unpaired) electrons. The molecule has 0 aliphatic carbocycles. The van der Waals surface area contributed by atoms with Gasteiger partial charge in [-0.3, -0.25) is 9.98 Å². The quantitative estimate of drug-likeness (QED) is 0.0955. The van der Waals surface area contributed by atoms with Gasteiger partial charge in [0.2, 0.25) is 0 Å². The second-order valence-electron chi connectivity index (χ2n) is 17.3. The third-order valence-electron chi connectivity index (χ3n) is 8.55. The maximum absolute atomic E-state index is 10.7. The molecule has 0 aliphatic heterocycles. The van der Waals surface area contributed by atoms with Crippen LogP contribution in [-0.4, -0.2) is 48.9 Å². The normalized spacial score (nSPS) is 12.3. The topological polar surface area (TPSA) is 83.6 Å². The summed E-state index contributed by atoms with van der Waals surface area (Å²) in [4.78, 5) is 8.91. The summed E-state index contributed by atoms with van der Waals surface area (Å²) in [5.41, 5.74) is 5.57. The minimum absolute atomic E-state index is 0. The third-order valence-corrected chi connectivity index (χ3v) is 8.55. The van der Waals surface area contributed by atoms with Gasteiger partial charge < -0.3 is 19.7 Å². The van der Waals surface area contributed by atoms with Crippen LogP contribution in [0, 0.1) is 0 Å². The van der Waals surface area contributed by atoms with Crippen molar-refractivity contribution in [2.75, 3.05) is 26.3 Å². The van der Waals surface area contributed by atoms with Crippen molar-refractivity contribution in [3.8, 4) is 23.0 Å². The number of hydrogen-bond donors (Lipinski definition) is 2. The Labute approximate surface area is 332 Å². The van der Waals surface area contributed by atoms with Crippen molar-refractivity contribution in [1.29, 1.82) is 0 Å². The molecular formula is C46H62N2O4Zn. The van der Waals surface area contributed by atoms with Crippen LogP contribution in [-0.2, 0) is 41.1 Å². The first-order valence-corrected chi connectivity index (χ1v) is 18.3. The van der Waals surface area contributed by atoms with Crippen molar-refractivity contribution in [2.24, 2.45) is 9.98 Å². The summed E-state index contributed by atoms with van der Waals surface area (Å²) in [5, 5.41) is 21.5. The number of para-hydroxylation sites is 2. The predicted octanol–water partition coefficient (Wildman–Crippen LogP) is 11.0. The van der Waals surface area contributed by atoms with Crippen LogP contribution < -0.4 is 9.47 Å². The monoisotopic (exact) mass is 770 g/mol. The number of phenols is 2. The van der Waals surface area contributed by atoms with Crippen molar-refractivity contribution in [3.05, 3.63) is 118 Å². The zero-order valence-corrected chi connectivity index (χ0v) is 37.3. The summed E-state index contributed by atoms with van der Waals surface area (Å²) >= 11 is 0. The Bertz CT molecular complexity index is 1640. The molecule has 282 valence electrons. The van der Waals surface area contributed by atoms with Gasteiger partial charge in [0.25, 0.3) is 0 Å². The summed E-state index contributed by atoms with van der Waals surface area (Å²) in [6, 6.07) is 27.7. The third kappa shape index (κ3) is 14.4. The molecule has 0 bridgehead atoms. The predicted molar refractivity (Wildman–Crippen MR) is 220 cm³/mol. The first-order valence-electron chi connectivity index (χ1n) is 18.3. The zero-order valence-electron chi connectivity index (χ0n) is 34.4. The van der Waals surface area contributed by atoms with Crippen LogP contribution in [0.3, 0.4) is 0 Å². The molecule has 2 N–H and O–H groups in total. The molecule has 0 aromatic heterocycles. The van der Waals surface area contributed by atoms with Gasteiger partial charge in [0.05, 0.1) is 13.1 Å². The van der Waals surface area contributed by atoms with Crippen molar-refractivity contribution < 1.29 is 39.2 Å². The molecule has 0 atom stereocenters. The standard InChI is InChI=1S/2C23H31NO2.Zn/c2*1-22(2,3)18-14-17(21(25)20(15-18)23(4,5)6)16-24-12-13-26-19-10-8-7-9-11-19;/h2*7-11,14-16,25H,12-13H2,1-6H3;. The zero-order chi connectivity index (χ0) is 38.7. The van der Waals surface area contributed by atoms with Crippen LogP contribution in [0.15, 0.2) is 94.9 Å². The van der Waals surface area contributed by atoms with E-state index in [1.165, 1.54) is 11.1 Å². The van der Waals surface area contributed by atoms with Crippen molar-refractivity contribution in [3.63, 3.8) is 0 Å². The summed E-state index contributed by atoms with van der Waals surface area (Å²) in [5.74, 6) is 2.32. The average molecular weight is 772 g/mol. The van der Waals surface area contributed by atoms with Crippen molar-refractivity contribution in [2.45, 2.75) is 105 Å². The van der Waals surface area contributed by atoms with E-state index >= 15 is 0 Å². The number of rotatable bonds is 10. The molecule has 0 saturated carbocycles. The number of nitrogens with zero attached hydrogens (tertiary/aromatic N) is 2. The number of aliphatic imine (C=N–C) groups is 2. The molecule has 0 spiro atoms. The SMILES string of the molecule is CC(C)(C)c1cc(C=NCCOc2ccccc2)c(O)c(C(C)(C)C)c1.CC(C)(C)c1cc(C=NCCOc2ccccc2)c(O)c(C(C)(C)C)c1.[Zn]. The van der Waals surface area contributed by atoms with Crippen LogP contribution in [0.1, 0.15) is 116 Å². The number of hydrogen-bond acceptors (Lipinski definition) is 6. The van der Waals surface area contributed by atoms with E-state index < -0.39 is 0 Å². The molecule has 4 aromatic carbocycles. The number of benzene rings is 4. The fraction of sp³-hybridized carbons (Fsp3) is 0.435. The number of aromatic hydroxyl groups is 2. The smallest absolute Gasteiger partial charge is 0.128 e. The van der Waals surface area contributed by atoms with Crippen LogP contribution in [0.25, 0.3) is 0 Å². The van der Waals surface area contributed by atoms with E-state index in [4.69, 9.17) is 9.47 Å². The summed E-state index contributed by atoms with van der Waals surface area (Å²) in [6.07, 6.45) is 3.52. The van der Waals surface area contributed by atoms with Gasteiger partial charge in [0, 0.05) is 54.2 Å². The second-order valence-corrected chi connectivity index (χ2v) is 17.3. The minimum Gasteiger partial charge on any atom is -0.507 e. The molecule has 6 nitrogen and oxygen atoms in total. The van der Waals surface area contributed by atoms with Gasteiger partial charge >= 0.3 is 0 Å². The van der Waals surface area contributed by atoms with Gasteiger partial charge in [-0.1, -0.05) is 132 Å². The Morgan fingerprint density at radius 2 is 0.811 bits per heavy atom. The summed E-state index contributed by atoms with van der Waals surface area (Å²) in [6.45, 7) is 27.9. The minimum atomic E-state index is -0.135. The van der Waals surface area contributed by atoms with Crippen molar-refractivity contribution in [1.82, 2.24) is 0 Å². The second kappa shape index (κ2) is 19.4. The molecule has 0 unspecified atom stereocenters. The molecule has 0 saturated heterocycles. The largest absolute Gasteiger partial charge is 0.507 e. The Kier molecular flexibility index (Phi) is 16.5. The van der Waals surface area contributed by atoms with E-state index in [1.54, 1.807) is 12.4 Å². The summed E-state index contributed by atoms with van der Waals surface area (Å²) in [7, 11) is 0. The van der Waals surface area contributed by atoms with Gasteiger partial charge in [-0.15, -0.1) is 0 Å². The fourth-order valence-corrected chi connectivity index (χ4v) is 5.31. The van der Waals surface area contributed by atoms with E-state index in [9.17, 15) is 10.2 Å². The van der Waals surface area contributed by atoms with Gasteiger partial charge in [0.15, 0.2) is 0 Å². The van der Waals surface area contributed by atoms with E-state index in [2.05, 4.69) is 105 Å². The first-order chi connectivity index (χ1) is 24.2. The average Bonchev–Trinajstić information content (AvgIpc) is 3.05. The van der Waals surface area contributed by atoms with Gasteiger partial charge in [-0.05, 0) is 69.2 Å². The maximum atomic E-state index is 10.7. The van der Waals surface area contributed by atoms with E-state index in [0.29, 0.717) is 37.8 Å². The molecule has 0 fully saturated rings. The van der Waals surface area contributed by atoms with E-state index in [1.807, 2.05) is 72.8 Å². The molecule has 53 heavy (non-hydrogen) atoms. The van der Waals surface area contributed by atoms with Crippen molar-refractivity contribution >= 4 is 12.4 Å². The van der Waals surface area contributed by atoms with Gasteiger partial charge in [-0.25, -0.2) is 0 Å². The Hall–Kier alpha value is -3.96.